The Hall–Kier alpha value is -2.53. The normalized spacial score (nSPS) is 16.3. The number of ether oxygens (including phenoxy) is 2. The zero-order chi connectivity index (χ0) is 20.7. The molecule has 2 heterocycles. The summed E-state index contributed by atoms with van der Waals surface area (Å²) in [6.07, 6.45) is 3.34. The molecule has 0 aliphatic carbocycles. The molecule has 0 saturated carbocycles. The van der Waals surface area contributed by atoms with E-state index >= 15 is 0 Å². The summed E-state index contributed by atoms with van der Waals surface area (Å²) in [6, 6.07) is 8.69. The van der Waals surface area contributed by atoms with Crippen molar-refractivity contribution in [2.75, 3.05) is 32.8 Å². The second-order valence-electron chi connectivity index (χ2n) is 6.47. The van der Waals surface area contributed by atoms with Crippen molar-refractivity contribution in [3.05, 3.63) is 54.4 Å². The molecule has 10 heteroatoms. The van der Waals surface area contributed by atoms with Crippen molar-refractivity contribution in [1.29, 1.82) is 0 Å². The van der Waals surface area contributed by atoms with Crippen LogP contribution in [0.2, 0.25) is 0 Å². The molecule has 0 radical (unpaired) electrons. The zero-order valence-electron chi connectivity index (χ0n) is 15.7. The first-order valence-corrected chi connectivity index (χ1v) is 10.6. The molecule has 2 aromatic rings. The lowest BCUT2D eigenvalue weighted by Crippen LogP contribution is -2.52. The second kappa shape index (κ2) is 9.79. The summed E-state index contributed by atoms with van der Waals surface area (Å²) in [5.41, 5.74) is 0.946. The largest absolute Gasteiger partial charge is 0.489 e. The highest BCUT2D eigenvalue weighted by Gasteiger charge is 2.28. The van der Waals surface area contributed by atoms with Crippen LogP contribution in [0.1, 0.15) is 5.56 Å². The minimum absolute atomic E-state index is 0.0416. The molecule has 0 amide bonds. The van der Waals surface area contributed by atoms with Gasteiger partial charge in [0.05, 0.1) is 18.1 Å². The van der Waals surface area contributed by atoms with Gasteiger partial charge in [-0.2, -0.15) is 0 Å². The highest BCUT2D eigenvalue weighted by Crippen LogP contribution is 2.17. The Morgan fingerprint density at radius 1 is 1.17 bits per heavy atom. The van der Waals surface area contributed by atoms with Crippen molar-refractivity contribution < 1.29 is 27.8 Å². The second-order valence-corrected chi connectivity index (χ2v) is 8.24. The van der Waals surface area contributed by atoms with Crippen LogP contribution < -0.4 is 9.46 Å². The van der Waals surface area contributed by atoms with Gasteiger partial charge in [-0.25, -0.2) is 13.1 Å². The van der Waals surface area contributed by atoms with Gasteiger partial charge in [-0.05, 0) is 42.0 Å². The van der Waals surface area contributed by atoms with Crippen LogP contribution in [-0.4, -0.2) is 68.3 Å². The first kappa shape index (κ1) is 21.2. The van der Waals surface area contributed by atoms with E-state index < -0.39 is 22.0 Å². The lowest BCUT2D eigenvalue weighted by atomic mass is 10.2. The number of morpholine rings is 1. The minimum Gasteiger partial charge on any atom is -0.489 e. The fraction of sp³-hybridized carbons (Fsp3) is 0.368. The van der Waals surface area contributed by atoms with Crippen LogP contribution >= 0.6 is 0 Å². The lowest BCUT2D eigenvalue weighted by Gasteiger charge is -2.31. The van der Waals surface area contributed by atoms with Gasteiger partial charge < -0.3 is 14.6 Å². The molecule has 1 fully saturated rings. The zero-order valence-corrected chi connectivity index (χ0v) is 16.5. The summed E-state index contributed by atoms with van der Waals surface area (Å²) in [7, 11) is -3.85. The highest BCUT2D eigenvalue weighted by atomic mass is 32.2. The van der Waals surface area contributed by atoms with Gasteiger partial charge in [0.15, 0.2) is 0 Å². The Labute approximate surface area is 169 Å². The Morgan fingerprint density at radius 3 is 2.45 bits per heavy atom. The number of hydrogen-bond acceptors (Lipinski definition) is 7. The lowest BCUT2D eigenvalue weighted by molar-refractivity contribution is -0.144. The number of pyridine rings is 1. The molecule has 9 nitrogen and oxygen atoms in total. The molecule has 1 saturated heterocycles. The number of sulfonamides is 1. The highest BCUT2D eigenvalue weighted by molar-refractivity contribution is 7.89. The van der Waals surface area contributed by atoms with E-state index in [2.05, 4.69) is 9.71 Å². The van der Waals surface area contributed by atoms with E-state index in [9.17, 15) is 18.3 Å². The van der Waals surface area contributed by atoms with Crippen molar-refractivity contribution in [1.82, 2.24) is 14.6 Å². The Kier molecular flexibility index (Phi) is 7.15. The smallest absolute Gasteiger partial charge is 0.322 e. The molecule has 1 atom stereocenters. The molecule has 29 heavy (non-hydrogen) atoms. The average molecular weight is 421 g/mol. The molecular formula is C19H23N3O6S. The predicted molar refractivity (Wildman–Crippen MR) is 104 cm³/mol. The van der Waals surface area contributed by atoms with Gasteiger partial charge in [-0.15, -0.1) is 0 Å². The number of aromatic nitrogens is 1. The molecule has 1 aromatic carbocycles. The van der Waals surface area contributed by atoms with Crippen molar-refractivity contribution in [3.63, 3.8) is 0 Å². The Balaban J connectivity index is 1.58. The van der Waals surface area contributed by atoms with Gasteiger partial charge in [-0.3, -0.25) is 14.7 Å². The van der Waals surface area contributed by atoms with E-state index in [0.717, 1.165) is 5.56 Å². The van der Waals surface area contributed by atoms with E-state index in [4.69, 9.17) is 9.47 Å². The molecule has 1 aliphatic heterocycles. The number of carboxylic acids is 1. The molecular weight excluding hydrogens is 398 g/mol. The Bertz CT molecular complexity index is 899. The molecule has 2 N–H and O–H groups in total. The van der Waals surface area contributed by atoms with Crippen molar-refractivity contribution in [2.45, 2.75) is 17.5 Å². The number of benzene rings is 1. The fourth-order valence-corrected chi connectivity index (χ4v) is 3.93. The standard InChI is InChI=1S/C19H23N3O6S/c23-19(24)18(22-9-11-27-12-10-22)13-21-29(25,26)17-3-1-16(2-4-17)28-14-15-5-7-20-8-6-15/h1-8,18,21H,9-14H2,(H,23,24)/t18-/m0/s1. The van der Waals surface area contributed by atoms with Crippen LogP contribution in [0.3, 0.4) is 0 Å². The van der Waals surface area contributed by atoms with Crippen LogP contribution in [-0.2, 0) is 26.2 Å². The number of carbonyl (C=O) groups is 1. The number of aliphatic carboxylic acids is 1. The van der Waals surface area contributed by atoms with Gasteiger partial charge >= 0.3 is 5.97 Å². The van der Waals surface area contributed by atoms with Gasteiger partial charge in [0.2, 0.25) is 10.0 Å². The number of nitrogens with one attached hydrogen (secondary N) is 1. The fourth-order valence-electron chi connectivity index (χ4n) is 2.89. The van der Waals surface area contributed by atoms with E-state index in [1.54, 1.807) is 29.4 Å². The maximum Gasteiger partial charge on any atom is 0.322 e. The van der Waals surface area contributed by atoms with Gasteiger partial charge in [-0.1, -0.05) is 0 Å². The van der Waals surface area contributed by atoms with Gasteiger partial charge in [0, 0.05) is 32.0 Å². The first-order chi connectivity index (χ1) is 14.0. The summed E-state index contributed by atoms with van der Waals surface area (Å²) in [6.45, 7) is 1.87. The third-order valence-electron chi connectivity index (χ3n) is 4.53. The molecule has 156 valence electrons. The minimum atomic E-state index is -3.85. The van der Waals surface area contributed by atoms with Crippen molar-refractivity contribution in [2.24, 2.45) is 0 Å². The van der Waals surface area contributed by atoms with E-state index in [1.165, 1.54) is 12.1 Å². The van der Waals surface area contributed by atoms with E-state index in [-0.39, 0.29) is 11.4 Å². The first-order valence-electron chi connectivity index (χ1n) is 9.12. The van der Waals surface area contributed by atoms with E-state index in [1.807, 2.05) is 12.1 Å². The monoisotopic (exact) mass is 421 g/mol. The summed E-state index contributed by atoms with van der Waals surface area (Å²) in [4.78, 5) is 17.2. The average Bonchev–Trinajstić information content (AvgIpc) is 2.74. The van der Waals surface area contributed by atoms with Crippen LogP contribution in [0, 0.1) is 0 Å². The number of carboxylic acid groups (broad SMARTS) is 1. The van der Waals surface area contributed by atoms with Crippen LogP contribution in [0.4, 0.5) is 0 Å². The predicted octanol–water partition coefficient (Wildman–Crippen LogP) is 0.724. The maximum atomic E-state index is 12.5. The summed E-state index contributed by atoms with van der Waals surface area (Å²) >= 11 is 0. The molecule has 0 bridgehead atoms. The third kappa shape index (κ3) is 5.97. The van der Waals surface area contributed by atoms with Crippen LogP contribution in [0.5, 0.6) is 5.75 Å². The van der Waals surface area contributed by atoms with Gasteiger partial charge in [0.25, 0.3) is 0 Å². The number of nitrogens with zero attached hydrogens (tertiary/aromatic N) is 2. The summed E-state index contributed by atoms with van der Waals surface area (Å²) < 4.78 is 38.3. The van der Waals surface area contributed by atoms with Gasteiger partial charge in [0.1, 0.15) is 18.4 Å². The molecule has 0 unspecified atom stereocenters. The maximum absolute atomic E-state index is 12.5. The number of hydrogen-bond donors (Lipinski definition) is 2. The SMILES string of the molecule is O=C(O)[C@H](CNS(=O)(=O)c1ccc(OCc2ccncc2)cc1)N1CCOCC1. The van der Waals surface area contributed by atoms with Crippen LogP contribution in [0.15, 0.2) is 53.7 Å². The molecule has 1 aliphatic rings. The van der Waals surface area contributed by atoms with E-state index in [0.29, 0.717) is 38.7 Å². The molecule has 1 aromatic heterocycles. The summed E-state index contributed by atoms with van der Waals surface area (Å²) in [5, 5.41) is 9.44. The van der Waals surface area contributed by atoms with Crippen molar-refractivity contribution in [3.8, 4) is 5.75 Å². The quantitative estimate of drug-likeness (QED) is 0.608. The molecule has 0 spiro atoms. The topological polar surface area (TPSA) is 118 Å². The van der Waals surface area contributed by atoms with Crippen LogP contribution in [0.25, 0.3) is 0 Å². The third-order valence-corrected chi connectivity index (χ3v) is 5.97. The number of rotatable bonds is 9. The van der Waals surface area contributed by atoms with Crippen molar-refractivity contribution >= 4 is 16.0 Å². The summed E-state index contributed by atoms with van der Waals surface area (Å²) in [5.74, 6) is -0.549. The Morgan fingerprint density at radius 2 is 1.83 bits per heavy atom. The molecule has 3 rings (SSSR count).